The summed E-state index contributed by atoms with van der Waals surface area (Å²) in [5.41, 5.74) is 6.28. The highest BCUT2D eigenvalue weighted by Gasteiger charge is 2.42. The predicted molar refractivity (Wildman–Crippen MR) is 160 cm³/mol. The number of methoxy groups -OCH3 is 1. The number of anilines is 1. The molecule has 196 valence electrons. The predicted octanol–water partition coefficient (Wildman–Crippen LogP) is 7.11. The van der Waals surface area contributed by atoms with E-state index in [1.54, 1.807) is 7.11 Å². The van der Waals surface area contributed by atoms with E-state index in [-0.39, 0.29) is 12.1 Å². The molecule has 0 spiro atoms. The van der Waals surface area contributed by atoms with E-state index in [2.05, 4.69) is 67.7 Å². The molecule has 5 rings (SSSR count). The lowest BCUT2D eigenvalue weighted by molar-refractivity contribution is 0.146. The smallest absolute Gasteiger partial charge is 0.174 e. The van der Waals surface area contributed by atoms with E-state index in [0.717, 1.165) is 38.5 Å². The number of ether oxygens (including phenoxy) is 2. The van der Waals surface area contributed by atoms with E-state index in [0.29, 0.717) is 29.1 Å². The number of hydrogen-bond donors (Lipinski definition) is 1. The molecule has 4 aromatic rings. The third kappa shape index (κ3) is 5.06. The Hall–Kier alpha value is -2.91. The molecule has 3 heterocycles. The van der Waals surface area contributed by atoms with Gasteiger partial charge in [0.15, 0.2) is 5.11 Å². The first-order valence-electron chi connectivity index (χ1n) is 12.3. The molecule has 38 heavy (non-hydrogen) atoms. The number of halogens is 2. The van der Waals surface area contributed by atoms with Gasteiger partial charge < -0.3 is 24.3 Å². The Morgan fingerprint density at radius 2 is 1.84 bits per heavy atom. The standard InChI is InChI=1S/C29H28BrClN4O2S/c1-18-16-21(19(2)34(18)25-10-5-4-8-22(25)30)28-27(24-9-6-7-13-32-24)33-29(38)35(28)20-11-12-26(23(31)17-20)37-15-14-36-3/h4-13,16-17,27-28H,14-15H2,1-3H3,(H,33,38)/t27-,28-/m0/s1. The number of hydrogen-bond acceptors (Lipinski definition) is 4. The van der Waals surface area contributed by atoms with Gasteiger partial charge in [-0.25, -0.2) is 0 Å². The number of thiocarbonyl (C=S) groups is 1. The summed E-state index contributed by atoms with van der Waals surface area (Å²) in [6, 6.07) is 21.9. The van der Waals surface area contributed by atoms with Gasteiger partial charge in [-0.3, -0.25) is 4.98 Å². The van der Waals surface area contributed by atoms with Crippen LogP contribution >= 0.6 is 39.7 Å². The lowest BCUT2D eigenvalue weighted by atomic mass is 9.96. The van der Waals surface area contributed by atoms with Crippen LogP contribution < -0.4 is 15.0 Å². The van der Waals surface area contributed by atoms with Crippen LogP contribution in [0.3, 0.4) is 0 Å². The van der Waals surface area contributed by atoms with Crippen LogP contribution in [0, 0.1) is 13.8 Å². The minimum absolute atomic E-state index is 0.156. The zero-order chi connectivity index (χ0) is 26.8. The molecule has 1 aliphatic rings. The first kappa shape index (κ1) is 26.7. The molecule has 1 fully saturated rings. The molecule has 9 heteroatoms. The van der Waals surface area contributed by atoms with Gasteiger partial charge >= 0.3 is 0 Å². The van der Waals surface area contributed by atoms with Crippen LogP contribution in [0.4, 0.5) is 5.69 Å². The van der Waals surface area contributed by atoms with E-state index in [1.165, 1.54) is 0 Å². The Balaban J connectivity index is 1.61. The van der Waals surface area contributed by atoms with Crippen LogP contribution in [-0.2, 0) is 4.74 Å². The van der Waals surface area contributed by atoms with Crippen molar-refractivity contribution in [2.24, 2.45) is 0 Å². The fourth-order valence-electron chi connectivity index (χ4n) is 5.03. The van der Waals surface area contributed by atoms with Crippen LogP contribution in [0.15, 0.2) is 77.4 Å². The number of aromatic nitrogens is 2. The van der Waals surface area contributed by atoms with Crippen LogP contribution in [0.5, 0.6) is 5.75 Å². The van der Waals surface area contributed by atoms with Gasteiger partial charge in [0.2, 0.25) is 0 Å². The maximum atomic E-state index is 6.66. The molecule has 0 bridgehead atoms. The van der Waals surface area contributed by atoms with Crippen molar-refractivity contribution in [2.45, 2.75) is 25.9 Å². The fourth-order valence-corrected chi connectivity index (χ4v) is 6.07. The molecule has 1 saturated heterocycles. The molecule has 0 radical (unpaired) electrons. The molecular formula is C29H28BrClN4O2S. The normalized spacial score (nSPS) is 17.1. The Labute approximate surface area is 241 Å². The van der Waals surface area contributed by atoms with Gasteiger partial charge in [-0.2, -0.15) is 0 Å². The van der Waals surface area contributed by atoms with Gasteiger partial charge in [-0.05, 0) is 96.1 Å². The van der Waals surface area contributed by atoms with Crippen molar-refractivity contribution in [3.8, 4) is 11.4 Å². The largest absolute Gasteiger partial charge is 0.490 e. The van der Waals surface area contributed by atoms with Crippen molar-refractivity contribution in [2.75, 3.05) is 25.2 Å². The lowest BCUT2D eigenvalue weighted by Gasteiger charge is -2.28. The van der Waals surface area contributed by atoms with Crippen molar-refractivity contribution < 1.29 is 9.47 Å². The lowest BCUT2D eigenvalue weighted by Crippen LogP contribution is -2.29. The van der Waals surface area contributed by atoms with E-state index < -0.39 is 0 Å². The Kier molecular flexibility index (Phi) is 8.04. The number of para-hydroxylation sites is 1. The summed E-state index contributed by atoms with van der Waals surface area (Å²) in [5, 5.41) is 4.66. The highest BCUT2D eigenvalue weighted by atomic mass is 79.9. The zero-order valence-electron chi connectivity index (χ0n) is 21.3. The molecule has 6 nitrogen and oxygen atoms in total. The Morgan fingerprint density at radius 1 is 1.05 bits per heavy atom. The van der Waals surface area contributed by atoms with Gasteiger partial charge in [0, 0.05) is 34.9 Å². The number of nitrogens with zero attached hydrogens (tertiary/aromatic N) is 3. The average Bonchev–Trinajstić information content (AvgIpc) is 3.41. The quantitative estimate of drug-likeness (QED) is 0.169. The Morgan fingerprint density at radius 3 is 2.55 bits per heavy atom. The van der Waals surface area contributed by atoms with Gasteiger partial charge in [0.1, 0.15) is 12.4 Å². The van der Waals surface area contributed by atoms with Gasteiger partial charge in [-0.1, -0.05) is 29.8 Å². The monoisotopic (exact) mass is 610 g/mol. The molecule has 2 aromatic carbocycles. The first-order valence-corrected chi connectivity index (χ1v) is 13.8. The van der Waals surface area contributed by atoms with E-state index >= 15 is 0 Å². The van der Waals surface area contributed by atoms with E-state index in [9.17, 15) is 0 Å². The van der Waals surface area contributed by atoms with Crippen molar-refractivity contribution in [1.29, 1.82) is 0 Å². The summed E-state index contributed by atoms with van der Waals surface area (Å²) in [6.07, 6.45) is 1.81. The van der Waals surface area contributed by atoms with Gasteiger partial charge in [-0.15, -0.1) is 0 Å². The fraction of sp³-hybridized carbons (Fsp3) is 0.241. The number of pyridine rings is 1. The third-order valence-electron chi connectivity index (χ3n) is 6.72. The number of rotatable bonds is 8. The second-order valence-electron chi connectivity index (χ2n) is 9.07. The molecule has 2 atom stereocenters. The summed E-state index contributed by atoms with van der Waals surface area (Å²) >= 11 is 16.3. The summed E-state index contributed by atoms with van der Waals surface area (Å²) in [7, 11) is 1.64. The van der Waals surface area contributed by atoms with Crippen molar-refractivity contribution in [3.05, 3.63) is 105 Å². The topological polar surface area (TPSA) is 51.6 Å². The van der Waals surface area contributed by atoms with Crippen LogP contribution in [0.25, 0.3) is 5.69 Å². The molecule has 1 aliphatic heterocycles. The van der Waals surface area contributed by atoms with Gasteiger partial charge in [0.05, 0.1) is 35.1 Å². The van der Waals surface area contributed by atoms with Crippen molar-refractivity contribution in [1.82, 2.24) is 14.9 Å². The minimum atomic E-state index is -0.159. The summed E-state index contributed by atoms with van der Waals surface area (Å²) < 4.78 is 14.2. The molecule has 2 aromatic heterocycles. The first-order chi connectivity index (χ1) is 18.4. The molecule has 0 amide bonds. The second kappa shape index (κ2) is 11.5. The molecule has 0 aliphatic carbocycles. The molecule has 0 saturated carbocycles. The molecule has 1 N–H and O–H groups in total. The number of nitrogens with one attached hydrogen (secondary N) is 1. The average molecular weight is 612 g/mol. The van der Waals surface area contributed by atoms with Crippen molar-refractivity contribution in [3.63, 3.8) is 0 Å². The van der Waals surface area contributed by atoms with Gasteiger partial charge in [0.25, 0.3) is 0 Å². The second-order valence-corrected chi connectivity index (χ2v) is 10.7. The van der Waals surface area contributed by atoms with Crippen molar-refractivity contribution >= 4 is 50.5 Å². The SMILES string of the molecule is COCCOc1ccc(N2C(=S)N[C@@H](c3ccccn3)[C@@H]2c2cc(C)n(-c3ccccc3Br)c2C)cc1Cl. The summed E-state index contributed by atoms with van der Waals surface area (Å²) in [6.45, 7) is 5.18. The highest BCUT2D eigenvalue weighted by molar-refractivity contribution is 9.10. The highest BCUT2D eigenvalue weighted by Crippen LogP contribution is 2.45. The number of benzene rings is 2. The van der Waals surface area contributed by atoms with E-state index in [4.69, 9.17) is 33.3 Å². The minimum Gasteiger partial charge on any atom is -0.490 e. The zero-order valence-corrected chi connectivity index (χ0v) is 24.5. The maximum Gasteiger partial charge on any atom is 0.174 e. The van der Waals surface area contributed by atoms with Crippen LogP contribution in [-0.4, -0.2) is 35.0 Å². The summed E-state index contributed by atoms with van der Waals surface area (Å²) in [5.74, 6) is 0.607. The van der Waals surface area contributed by atoms with Crippen LogP contribution in [0.1, 0.15) is 34.7 Å². The molecule has 0 unspecified atom stereocenters. The maximum absolute atomic E-state index is 6.66. The number of aryl methyl sites for hydroxylation is 1. The van der Waals surface area contributed by atoms with Crippen LogP contribution in [0.2, 0.25) is 5.02 Å². The third-order valence-corrected chi connectivity index (χ3v) is 8.00. The molecular weight excluding hydrogens is 584 g/mol. The van der Waals surface area contributed by atoms with E-state index in [1.807, 2.05) is 54.7 Å². The Bertz CT molecular complexity index is 1460. The summed E-state index contributed by atoms with van der Waals surface area (Å²) in [4.78, 5) is 6.81.